The summed E-state index contributed by atoms with van der Waals surface area (Å²) in [5.74, 6) is 1.20. The van der Waals surface area contributed by atoms with Gasteiger partial charge in [0.15, 0.2) is 0 Å². The normalized spacial score (nSPS) is 14.6. The van der Waals surface area contributed by atoms with E-state index >= 15 is 0 Å². The van der Waals surface area contributed by atoms with Crippen LogP contribution >= 0.6 is 11.8 Å². The number of ether oxygens (including phenoxy) is 1. The Balaban J connectivity index is 1.23. The van der Waals surface area contributed by atoms with Gasteiger partial charge in [-0.1, -0.05) is 0 Å². The third kappa shape index (κ3) is 5.87. The Morgan fingerprint density at radius 1 is 1.02 bits per heavy atom. The summed E-state index contributed by atoms with van der Waals surface area (Å²) in [6.45, 7) is 1.83. The van der Waals surface area contributed by atoms with Gasteiger partial charge in [0.05, 0.1) is 10.7 Å². The standard InChI is InChI=1S/C30H25N7O6S/c1-17-14-26(39)43-24-15-22(12-13-23(17)24)42-30-33-28(32-29(34-30)35(2)3)31-19-6-10-20(11-7-19)36-25(38)16-44-27(36)18-4-8-21(9-5-18)37(40)41/h4-15,27H,16H2,1-3H3,(H,31,32,33,34). The first kappa shape index (κ1) is 28.6. The zero-order valence-electron chi connectivity index (χ0n) is 23.8. The molecule has 3 aromatic carbocycles. The highest BCUT2D eigenvalue weighted by molar-refractivity contribution is 8.00. The van der Waals surface area contributed by atoms with Gasteiger partial charge in [0.25, 0.3) is 5.69 Å². The van der Waals surface area contributed by atoms with Crippen molar-refractivity contribution in [2.75, 3.05) is 35.0 Å². The van der Waals surface area contributed by atoms with E-state index < -0.39 is 10.5 Å². The van der Waals surface area contributed by atoms with Crippen LogP contribution < -0.4 is 25.5 Å². The van der Waals surface area contributed by atoms with E-state index in [2.05, 4.69) is 20.3 Å². The molecule has 1 amide bonds. The predicted molar refractivity (Wildman–Crippen MR) is 167 cm³/mol. The Hall–Kier alpha value is -5.50. The summed E-state index contributed by atoms with van der Waals surface area (Å²) in [5.41, 5.74) is 2.87. The summed E-state index contributed by atoms with van der Waals surface area (Å²) in [4.78, 5) is 51.9. The van der Waals surface area contributed by atoms with Crippen LogP contribution in [-0.2, 0) is 4.79 Å². The van der Waals surface area contributed by atoms with E-state index in [1.54, 1.807) is 78.5 Å². The monoisotopic (exact) mass is 611 g/mol. The Kier molecular flexibility index (Phi) is 7.57. The van der Waals surface area contributed by atoms with Crippen molar-refractivity contribution >= 4 is 57.6 Å². The molecular formula is C30H25N7O6S. The van der Waals surface area contributed by atoms with Gasteiger partial charge in [0.1, 0.15) is 16.7 Å². The number of anilines is 4. The molecule has 0 saturated carbocycles. The SMILES string of the molecule is Cc1cc(=O)oc2cc(Oc3nc(Nc4ccc(N5C(=O)CSC5c5ccc([N+](=O)[O-])cc5)cc4)nc(N(C)C)n3)ccc12. The van der Waals surface area contributed by atoms with E-state index in [0.717, 1.165) is 16.5 Å². The van der Waals surface area contributed by atoms with Gasteiger partial charge < -0.3 is 19.4 Å². The molecule has 2 aromatic heterocycles. The minimum atomic E-state index is -0.450. The van der Waals surface area contributed by atoms with E-state index in [1.165, 1.54) is 30.0 Å². The lowest BCUT2D eigenvalue weighted by Crippen LogP contribution is -2.27. The van der Waals surface area contributed by atoms with Crippen molar-refractivity contribution in [3.05, 3.63) is 104 Å². The van der Waals surface area contributed by atoms with Crippen molar-refractivity contribution in [3.8, 4) is 11.8 Å². The van der Waals surface area contributed by atoms with Gasteiger partial charge in [-0.3, -0.25) is 19.8 Å². The topological polar surface area (TPSA) is 157 Å². The Morgan fingerprint density at radius 3 is 2.48 bits per heavy atom. The quantitative estimate of drug-likeness (QED) is 0.132. The van der Waals surface area contributed by atoms with Crippen LogP contribution in [0.2, 0.25) is 0 Å². The second-order valence-corrected chi connectivity index (χ2v) is 11.2. The smallest absolute Gasteiger partial charge is 0.336 e. The van der Waals surface area contributed by atoms with Crippen LogP contribution in [0.15, 0.2) is 82.0 Å². The second-order valence-electron chi connectivity index (χ2n) is 10.1. The lowest BCUT2D eigenvalue weighted by molar-refractivity contribution is -0.384. The molecule has 1 saturated heterocycles. The maximum atomic E-state index is 12.8. The first-order valence-corrected chi connectivity index (χ1v) is 14.4. The molecule has 1 fully saturated rings. The molecule has 3 heterocycles. The van der Waals surface area contributed by atoms with Gasteiger partial charge in [-0.15, -0.1) is 11.8 Å². The maximum Gasteiger partial charge on any atom is 0.336 e. The van der Waals surface area contributed by atoms with E-state index in [0.29, 0.717) is 34.4 Å². The number of carbonyl (C=O) groups excluding carboxylic acids is 1. The lowest BCUT2D eigenvalue weighted by atomic mass is 10.1. The molecule has 1 atom stereocenters. The van der Waals surface area contributed by atoms with Crippen LogP contribution in [0.1, 0.15) is 16.5 Å². The van der Waals surface area contributed by atoms with Gasteiger partial charge in [-0.25, -0.2) is 4.79 Å². The van der Waals surface area contributed by atoms with Crippen molar-refractivity contribution in [1.29, 1.82) is 0 Å². The molecular weight excluding hydrogens is 586 g/mol. The molecule has 1 aliphatic rings. The average molecular weight is 612 g/mol. The molecule has 13 nitrogen and oxygen atoms in total. The van der Waals surface area contributed by atoms with Crippen LogP contribution in [0.25, 0.3) is 11.0 Å². The highest BCUT2D eigenvalue weighted by atomic mass is 32.2. The Morgan fingerprint density at radius 2 is 1.77 bits per heavy atom. The first-order valence-electron chi connectivity index (χ1n) is 13.4. The fraction of sp³-hybridized carbons (Fsp3) is 0.167. The zero-order chi connectivity index (χ0) is 31.0. The van der Waals surface area contributed by atoms with Crippen molar-refractivity contribution in [2.45, 2.75) is 12.3 Å². The minimum absolute atomic E-state index is 0.00457. The summed E-state index contributed by atoms with van der Waals surface area (Å²) in [7, 11) is 3.58. The Labute approximate surface area is 254 Å². The summed E-state index contributed by atoms with van der Waals surface area (Å²) < 4.78 is 11.3. The number of nitro benzene ring substituents is 1. The van der Waals surface area contributed by atoms with E-state index in [4.69, 9.17) is 9.15 Å². The molecule has 1 aliphatic heterocycles. The number of nitro groups is 1. The molecule has 0 spiro atoms. The molecule has 0 radical (unpaired) electrons. The highest BCUT2D eigenvalue weighted by Crippen LogP contribution is 2.42. The number of rotatable bonds is 8. The maximum absolute atomic E-state index is 12.8. The van der Waals surface area contributed by atoms with Gasteiger partial charge in [-0.05, 0) is 66.6 Å². The van der Waals surface area contributed by atoms with Gasteiger partial charge in [0.2, 0.25) is 17.8 Å². The van der Waals surface area contributed by atoms with Gasteiger partial charge in [0, 0.05) is 55.1 Å². The molecule has 0 bridgehead atoms. The summed E-state index contributed by atoms with van der Waals surface area (Å²) in [5, 5.41) is 14.7. The van der Waals surface area contributed by atoms with Crippen LogP contribution in [0.3, 0.4) is 0 Å². The zero-order valence-corrected chi connectivity index (χ0v) is 24.6. The van der Waals surface area contributed by atoms with Crippen LogP contribution in [-0.4, -0.2) is 45.6 Å². The number of thioether (sulfide) groups is 1. The fourth-order valence-corrected chi connectivity index (χ4v) is 5.84. The number of aromatic nitrogens is 3. The summed E-state index contributed by atoms with van der Waals surface area (Å²) >= 11 is 1.46. The first-order chi connectivity index (χ1) is 21.1. The number of benzene rings is 3. The predicted octanol–water partition coefficient (Wildman–Crippen LogP) is 5.58. The number of fused-ring (bicyclic) bond motifs is 1. The van der Waals surface area contributed by atoms with E-state index in [1.807, 2.05) is 6.92 Å². The third-order valence-electron chi connectivity index (χ3n) is 6.79. The van der Waals surface area contributed by atoms with Crippen LogP contribution in [0.4, 0.5) is 29.0 Å². The van der Waals surface area contributed by atoms with E-state index in [-0.39, 0.29) is 28.9 Å². The molecule has 222 valence electrons. The third-order valence-corrected chi connectivity index (χ3v) is 8.01. The molecule has 6 rings (SSSR count). The largest absolute Gasteiger partial charge is 0.424 e. The van der Waals surface area contributed by atoms with Crippen LogP contribution in [0.5, 0.6) is 11.8 Å². The number of nitrogens with one attached hydrogen (secondary N) is 1. The van der Waals surface area contributed by atoms with Crippen molar-refractivity contribution < 1.29 is 18.9 Å². The average Bonchev–Trinajstić information content (AvgIpc) is 3.38. The number of hydrogen-bond acceptors (Lipinski definition) is 12. The van der Waals surface area contributed by atoms with E-state index in [9.17, 15) is 19.7 Å². The fourth-order valence-electron chi connectivity index (χ4n) is 4.67. The molecule has 44 heavy (non-hydrogen) atoms. The molecule has 0 aliphatic carbocycles. The lowest BCUT2D eigenvalue weighted by Gasteiger charge is -2.24. The molecule has 14 heteroatoms. The number of carbonyl (C=O) groups is 1. The summed E-state index contributed by atoms with van der Waals surface area (Å²) in [6, 6.07) is 20.0. The van der Waals surface area contributed by atoms with Gasteiger partial charge in [-0.2, -0.15) is 15.0 Å². The molecule has 1 N–H and O–H groups in total. The summed E-state index contributed by atoms with van der Waals surface area (Å²) in [6.07, 6.45) is 0. The van der Waals surface area contributed by atoms with Crippen molar-refractivity contribution in [2.24, 2.45) is 0 Å². The minimum Gasteiger partial charge on any atom is -0.424 e. The highest BCUT2D eigenvalue weighted by Gasteiger charge is 2.34. The van der Waals surface area contributed by atoms with Crippen LogP contribution in [0, 0.1) is 17.0 Å². The number of nitrogens with zero attached hydrogens (tertiary/aromatic N) is 6. The Bertz CT molecular complexity index is 1950. The van der Waals surface area contributed by atoms with Crippen molar-refractivity contribution in [1.82, 2.24) is 15.0 Å². The number of amides is 1. The van der Waals surface area contributed by atoms with Gasteiger partial charge >= 0.3 is 11.6 Å². The molecule has 1 unspecified atom stereocenters. The number of hydrogen-bond donors (Lipinski definition) is 1. The number of non-ortho nitro benzene ring substituents is 1. The second kappa shape index (κ2) is 11.6. The van der Waals surface area contributed by atoms with Crippen molar-refractivity contribution in [3.63, 3.8) is 0 Å². The molecule has 5 aromatic rings. The number of aryl methyl sites for hydroxylation is 1.